The smallest absolute Gasteiger partial charge is 0.450 e. The van der Waals surface area contributed by atoms with Crippen LogP contribution in [0.15, 0.2) is 0 Å². The Hall–Kier alpha value is -2.05. The van der Waals surface area contributed by atoms with E-state index in [-0.39, 0.29) is 52.0 Å². The van der Waals surface area contributed by atoms with Crippen molar-refractivity contribution in [3.8, 4) is 0 Å². The van der Waals surface area contributed by atoms with Gasteiger partial charge in [-0.1, -0.05) is 0 Å². The van der Waals surface area contributed by atoms with Crippen LogP contribution in [0.5, 0.6) is 0 Å². The van der Waals surface area contributed by atoms with Crippen LogP contribution in [0.25, 0.3) is 0 Å². The summed E-state index contributed by atoms with van der Waals surface area (Å²) in [6.45, 7) is 0.415. The predicted molar refractivity (Wildman–Crippen MR) is 86.7 cm³/mol. The molecule has 158 valence electrons. The molecule has 3 rings (SSSR count). The highest BCUT2D eigenvalue weighted by Crippen LogP contribution is 2.35. The van der Waals surface area contributed by atoms with Crippen molar-refractivity contribution in [3.63, 3.8) is 0 Å². The number of primary amides is 1. The third kappa shape index (κ3) is 3.89. The van der Waals surface area contributed by atoms with Gasteiger partial charge in [0.1, 0.15) is 11.6 Å². The first-order chi connectivity index (χ1) is 13.2. The number of piperidine rings is 1. The van der Waals surface area contributed by atoms with Crippen LogP contribution in [0.1, 0.15) is 25.7 Å². The Kier molecular flexibility index (Phi) is 5.73. The number of carbonyl (C=O) groups excluding carboxylic acids is 3. The maximum Gasteiger partial charge on any atom is 0.477 e. The molecule has 10 nitrogen and oxygen atoms in total. The Bertz CT molecular complexity index is 636. The molecule has 3 aliphatic rings. The standard InChI is InChI=1S/C16H23F2N3O7/c1-25-9-15(4-6-26-7-5-15)27-13(23)16(17,18)28-21-10-2-3-11(12(19)22)20(8-10)14(21)24/h10-11H,2-9H2,1H3,(H2,19,22)/t10-,11+/m1/s1. The second kappa shape index (κ2) is 7.76. The molecule has 2 bridgehead atoms. The number of urea groups is 1. The summed E-state index contributed by atoms with van der Waals surface area (Å²) in [6, 6.07) is -2.53. The normalized spacial score (nSPS) is 27.0. The molecule has 0 saturated carbocycles. The van der Waals surface area contributed by atoms with Crippen molar-refractivity contribution in [2.75, 3.05) is 33.5 Å². The number of nitrogens with zero attached hydrogens (tertiary/aromatic N) is 2. The summed E-state index contributed by atoms with van der Waals surface area (Å²) in [7, 11) is 1.37. The molecule has 3 amide bonds. The minimum atomic E-state index is -4.39. The number of hydroxylamine groups is 2. The molecule has 2 atom stereocenters. The molecular weight excluding hydrogens is 384 g/mol. The highest BCUT2D eigenvalue weighted by molar-refractivity contribution is 5.87. The second-order valence-corrected chi connectivity index (χ2v) is 7.14. The first-order valence-corrected chi connectivity index (χ1v) is 8.95. The Morgan fingerprint density at radius 3 is 2.61 bits per heavy atom. The molecule has 0 aromatic rings. The fourth-order valence-corrected chi connectivity index (χ4v) is 3.75. The van der Waals surface area contributed by atoms with Gasteiger partial charge in [-0.15, -0.1) is 0 Å². The van der Waals surface area contributed by atoms with Crippen LogP contribution < -0.4 is 5.73 Å². The number of hydrogen-bond donors (Lipinski definition) is 1. The van der Waals surface area contributed by atoms with Gasteiger partial charge in [0.25, 0.3) is 0 Å². The molecular formula is C16H23F2N3O7. The van der Waals surface area contributed by atoms with E-state index < -0.39 is 41.7 Å². The van der Waals surface area contributed by atoms with Crippen molar-refractivity contribution in [2.24, 2.45) is 5.73 Å². The summed E-state index contributed by atoms with van der Waals surface area (Å²) in [4.78, 5) is 41.5. The van der Waals surface area contributed by atoms with Gasteiger partial charge in [0, 0.05) is 26.5 Å². The molecule has 0 unspecified atom stereocenters. The van der Waals surface area contributed by atoms with Crippen molar-refractivity contribution < 1.29 is 42.2 Å². The zero-order valence-electron chi connectivity index (χ0n) is 15.4. The molecule has 3 heterocycles. The van der Waals surface area contributed by atoms with E-state index in [0.29, 0.717) is 5.06 Å². The summed E-state index contributed by atoms with van der Waals surface area (Å²) in [5.41, 5.74) is 4.00. The van der Waals surface area contributed by atoms with Crippen molar-refractivity contribution in [2.45, 2.75) is 49.5 Å². The summed E-state index contributed by atoms with van der Waals surface area (Å²) < 4.78 is 44.1. The number of halogens is 2. The van der Waals surface area contributed by atoms with E-state index in [1.165, 1.54) is 7.11 Å². The molecule has 0 aromatic carbocycles. The van der Waals surface area contributed by atoms with Crippen LogP contribution in [-0.2, 0) is 28.6 Å². The number of hydrogen-bond acceptors (Lipinski definition) is 7. The number of esters is 1. The quantitative estimate of drug-likeness (QED) is 0.590. The van der Waals surface area contributed by atoms with Crippen LogP contribution in [-0.4, -0.2) is 85.1 Å². The SMILES string of the molecule is COCC1(OC(=O)C(F)(F)ON2C(=O)N3C[C@H]2CC[C@H]3C(N)=O)CCOCC1. The largest absolute Gasteiger partial charge is 0.477 e. The van der Waals surface area contributed by atoms with Gasteiger partial charge >= 0.3 is 18.1 Å². The minimum Gasteiger partial charge on any atom is -0.450 e. The molecule has 28 heavy (non-hydrogen) atoms. The zero-order valence-corrected chi connectivity index (χ0v) is 15.4. The van der Waals surface area contributed by atoms with Gasteiger partial charge in [0.2, 0.25) is 5.91 Å². The van der Waals surface area contributed by atoms with E-state index in [0.717, 1.165) is 4.90 Å². The van der Waals surface area contributed by atoms with Gasteiger partial charge in [-0.3, -0.25) is 4.79 Å². The van der Waals surface area contributed by atoms with E-state index in [2.05, 4.69) is 4.84 Å². The highest BCUT2D eigenvalue weighted by atomic mass is 19.3. The number of fused-ring (bicyclic) bond motifs is 2. The third-order valence-electron chi connectivity index (χ3n) is 5.22. The molecule has 3 aliphatic heterocycles. The second-order valence-electron chi connectivity index (χ2n) is 7.14. The van der Waals surface area contributed by atoms with Gasteiger partial charge in [-0.25, -0.2) is 9.59 Å². The van der Waals surface area contributed by atoms with Gasteiger partial charge in [0.05, 0.1) is 25.9 Å². The number of methoxy groups -OCH3 is 1. The van der Waals surface area contributed by atoms with Gasteiger partial charge in [-0.2, -0.15) is 18.7 Å². The minimum absolute atomic E-state index is 0.0164. The monoisotopic (exact) mass is 407 g/mol. The number of rotatable bonds is 7. The fraction of sp³-hybridized carbons (Fsp3) is 0.812. The molecule has 0 aliphatic carbocycles. The van der Waals surface area contributed by atoms with Crippen LogP contribution in [0, 0.1) is 0 Å². The zero-order chi connectivity index (χ0) is 20.5. The summed E-state index contributed by atoms with van der Waals surface area (Å²) in [6.07, 6.45) is -3.52. The molecule has 3 saturated heterocycles. The number of carbonyl (C=O) groups is 3. The van der Waals surface area contributed by atoms with Crippen LogP contribution in [0.3, 0.4) is 0 Å². The lowest BCUT2D eigenvalue weighted by atomic mass is 9.95. The molecule has 12 heteroatoms. The number of ether oxygens (including phenoxy) is 3. The Balaban J connectivity index is 1.68. The lowest BCUT2D eigenvalue weighted by molar-refractivity contribution is -0.335. The van der Waals surface area contributed by atoms with Crippen LogP contribution in [0.4, 0.5) is 13.6 Å². The Morgan fingerprint density at radius 2 is 2.00 bits per heavy atom. The van der Waals surface area contributed by atoms with E-state index in [1.807, 2.05) is 0 Å². The lowest BCUT2D eigenvalue weighted by Gasteiger charge is -2.37. The highest BCUT2D eigenvalue weighted by Gasteiger charge is 2.55. The van der Waals surface area contributed by atoms with E-state index in [4.69, 9.17) is 19.9 Å². The van der Waals surface area contributed by atoms with Crippen molar-refractivity contribution >= 4 is 17.9 Å². The van der Waals surface area contributed by atoms with Crippen LogP contribution >= 0.6 is 0 Å². The first kappa shape index (κ1) is 20.7. The third-order valence-corrected chi connectivity index (χ3v) is 5.22. The fourth-order valence-electron chi connectivity index (χ4n) is 3.75. The van der Waals surface area contributed by atoms with Crippen molar-refractivity contribution in [3.05, 3.63) is 0 Å². The number of amides is 3. The molecule has 0 spiro atoms. The van der Waals surface area contributed by atoms with E-state index >= 15 is 0 Å². The van der Waals surface area contributed by atoms with Gasteiger partial charge < -0.3 is 24.8 Å². The number of alkyl halides is 2. The summed E-state index contributed by atoms with van der Waals surface area (Å²) >= 11 is 0. The first-order valence-electron chi connectivity index (χ1n) is 8.95. The molecule has 0 radical (unpaired) electrons. The molecule has 0 aromatic heterocycles. The van der Waals surface area contributed by atoms with Crippen molar-refractivity contribution in [1.29, 1.82) is 0 Å². The maximum atomic E-state index is 14.4. The topological polar surface area (TPSA) is 121 Å². The molecule has 3 fully saturated rings. The van der Waals surface area contributed by atoms with Gasteiger partial charge in [-0.05, 0) is 12.8 Å². The Morgan fingerprint density at radius 1 is 1.32 bits per heavy atom. The van der Waals surface area contributed by atoms with Gasteiger partial charge in [0.15, 0.2) is 0 Å². The number of nitrogens with two attached hydrogens (primary N) is 1. The summed E-state index contributed by atoms with van der Waals surface area (Å²) in [5, 5.41) is 0.442. The van der Waals surface area contributed by atoms with Crippen molar-refractivity contribution in [1.82, 2.24) is 9.96 Å². The summed E-state index contributed by atoms with van der Waals surface area (Å²) in [5.74, 6) is -2.64. The lowest BCUT2D eigenvalue weighted by Crippen LogP contribution is -2.51. The average Bonchev–Trinajstić information content (AvgIpc) is 2.86. The van der Waals surface area contributed by atoms with E-state index in [9.17, 15) is 23.2 Å². The Labute approximate surface area is 159 Å². The average molecular weight is 407 g/mol. The van der Waals surface area contributed by atoms with E-state index in [1.54, 1.807) is 0 Å². The molecule has 2 N–H and O–H groups in total. The maximum absolute atomic E-state index is 14.4. The van der Waals surface area contributed by atoms with Crippen LogP contribution in [0.2, 0.25) is 0 Å². The predicted octanol–water partition coefficient (Wildman–Crippen LogP) is 0.00350.